The van der Waals surface area contributed by atoms with E-state index in [-0.39, 0.29) is 11.6 Å². The highest BCUT2D eigenvalue weighted by atomic mass is 35.5. The molecule has 4 rings (SSSR count). The minimum atomic E-state index is -0.471. The third-order valence-electron chi connectivity index (χ3n) is 5.89. The fraction of sp³-hybridized carbons (Fsp3) is 0.240. The van der Waals surface area contributed by atoms with Gasteiger partial charge in [0.15, 0.2) is 0 Å². The molecule has 176 valence electrons. The van der Waals surface area contributed by atoms with Gasteiger partial charge in [-0.15, -0.1) is 0 Å². The fourth-order valence-electron chi connectivity index (χ4n) is 4.14. The van der Waals surface area contributed by atoms with E-state index < -0.39 is 11.0 Å². The van der Waals surface area contributed by atoms with E-state index in [0.717, 1.165) is 11.3 Å². The zero-order valence-electron chi connectivity index (χ0n) is 18.7. The van der Waals surface area contributed by atoms with Crippen LogP contribution in [0.3, 0.4) is 0 Å². The molecule has 1 atom stereocenters. The van der Waals surface area contributed by atoms with Gasteiger partial charge in [0, 0.05) is 49.7 Å². The number of rotatable bonds is 7. The lowest BCUT2D eigenvalue weighted by atomic mass is 10.0. The van der Waals surface area contributed by atoms with Crippen LogP contribution in [0.2, 0.25) is 5.02 Å². The number of non-ortho nitro benzene ring substituents is 1. The lowest BCUT2D eigenvalue weighted by Crippen LogP contribution is -2.50. The summed E-state index contributed by atoms with van der Waals surface area (Å²) in [7, 11) is 1.54. The first-order valence-corrected chi connectivity index (χ1v) is 11.3. The zero-order valence-corrected chi connectivity index (χ0v) is 19.4. The normalized spacial score (nSPS) is 14.9. The van der Waals surface area contributed by atoms with Crippen LogP contribution < -0.4 is 15.0 Å². The van der Waals surface area contributed by atoms with Gasteiger partial charge in [-0.3, -0.25) is 19.8 Å². The predicted molar refractivity (Wildman–Crippen MR) is 133 cm³/mol. The minimum Gasteiger partial charge on any atom is -0.495 e. The lowest BCUT2D eigenvalue weighted by Gasteiger charge is -2.39. The number of nitrogens with one attached hydrogen (secondary N) is 1. The topological polar surface area (TPSA) is 88.0 Å². The van der Waals surface area contributed by atoms with Gasteiger partial charge in [-0.2, -0.15) is 0 Å². The van der Waals surface area contributed by atoms with E-state index in [1.54, 1.807) is 37.4 Å². The van der Waals surface area contributed by atoms with Crippen LogP contribution in [0.25, 0.3) is 0 Å². The molecule has 0 saturated carbocycles. The maximum absolute atomic E-state index is 13.4. The smallest absolute Gasteiger partial charge is 0.269 e. The lowest BCUT2D eigenvalue weighted by molar-refractivity contribution is -0.384. The number of halogens is 1. The van der Waals surface area contributed by atoms with Crippen molar-refractivity contribution in [3.63, 3.8) is 0 Å². The second-order valence-corrected chi connectivity index (χ2v) is 8.36. The molecule has 34 heavy (non-hydrogen) atoms. The van der Waals surface area contributed by atoms with Crippen LogP contribution in [-0.4, -0.2) is 49.0 Å². The average Bonchev–Trinajstić information content (AvgIpc) is 2.85. The largest absolute Gasteiger partial charge is 0.495 e. The molecule has 3 aromatic carbocycles. The number of nitro groups is 1. The molecular weight excluding hydrogens is 456 g/mol. The van der Waals surface area contributed by atoms with E-state index >= 15 is 0 Å². The Kier molecular flexibility index (Phi) is 7.30. The van der Waals surface area contributed by atoms with Crippen molar-refractivity contribution < 1.29 is 14.5 Å². The molecule has 1 aliphatic rings. The fourth-order valence-corrected chi connectivity index (χ4v) is 4.40. The van der Waals surface area contributed by atoms with Crippen molar-refractivity contribution in [3.05, 3.63) is 93.5 Å². The summed E-state index contributed by atoms with van der Waals surface area (Å²) in [6.45, 7) is 2.71. The van der Waals surface area contributed by atoms with Crippen LogP contribution in [0.4, 0.5) is 17.1 Å². The van der Waals surface area contributed by atoms with Gasteiger partial charge in [0.1, 0.15) is 11.8 Å². The van der Waals surface area contributed by atoms with Crippen molar-refractivity contribution in [2.45, 2.75) is 6.04 Å². The van der Waals surface area contributed by atoms with Crippen molar-refractivity contribution >= 4 is 34.6 Å². The predicted octanol–water partition coefficient (Wildman–Crippen LogP) is 4.76. The maximum atomic E-state index is 13.4. The Balaban J connectivity index is 1.49. The minimum absolute atomic E-state index is 0.0711. The second kappa shape index (κ2) is 10.5. The molecule has 1 N–H and O–H groups in total. The number of benzene rings is 3. The molecule has 0 spiro atoms. The van der Waals surface area contributed by atoms with Gasteiger partial charge >= 0.3 is 0 Å². The Bertz CT molecular complexity index is 1150. The highest BCUT2D eigenvalue weighted by Gasteiger charge is 2.31. The molecule has 0 bridgehead atoms. The van der Waals surface area contributed by atoms with Crippen LogP contribution in [0, 0.1) is 10.1 Å². The summed E-state index contributed by atoms with van der Waals surface area (Å²) in [6.07, 6.45) is 0. The van der Waals surface area contributed by atoms with E-state index in [4.69, 9.17) is 16.3 Å². The summed E-state index contributed by atoms with van der Waals surface area (Å²) in [5, 5.41) is 14.3. The first-order chi connectivity index (χ1) is 16.5. The Morgan fingerprint density at radius 2 is 1.71 bits per heavy atom. The summed E-state index contributed by atoms with van der Waals surface area (Å²) < 4.78 is 5.19. The highest BCUT2D eigenvalue weighted by molar-refractivity contribution is 6.32. The monoisotopic (exact) mass is 480 g/mol. The van der Waals surface area contributed by atoms with E-state index in [9.17, 15) is 14.9 Å². The third kappa shape index (κ3) is 5.30. The van der Waals surface area contributed by atoms with E-state index in [0.29, 0.717) is 42.6 Å². The Hall–Kier alpha value is -3.62. The molecule has 0 aliphatic carbocycles. The number of anilines is 2. The van der Waals surface area contributed by atoms with Crippen molar-refractivity contribution in [2.75, 3.05) is 43.5 Å². The van der Waals surface area contributed by atoms with Gasteiger partial charge in [0.25, 0.3) is 5.69 Å². The second-order valence-electron chi connectivity index (χ2n) is 7.95. The van der Waals surface area contributed by atoms with Crippen molar-refractivity contribution in [1.82, 2.24) is 4.90 Å². The van der Waals surface area contributed by atoms with Crippen LogP contribution in [0.1, 0.15) is 11.6 Å². The molecule has 1 fully saturated rings. The van der Waals surface area contributed by atoms with Gasteiger partial charge in [-0.1, -0.05) is 41.9 Å². The molecule has 1 saturated heterocycles. The first-order valence-electron chi connectivity index (χ1n) is 10.9. The van der Waals surface area contributed by atoms with E-state index in [1.807, 2.05) is 30.3 Å². The molecule has 9 heteroatoms. The Morgan fingerprint density at radius 3 is 2.29 bits per heavy atom. The molecule has 3 aromatic rings. The molecule has 0 radical (unpaired) electrons. The van der Waals surface area contributed by atoms with Crippen molar-refractivity contribution in [3.8, 4) is 5.75 Å². The first kappa shape index (κ1) is 23.5. The number of hydrogen-bond acceptors (Lipinski definition) is 6. The van der Waals surface area contributed by atoms with Crippen molar-refractivity contribution in [2.24, 2.45) is 0 Å². The number of methoxy groups -OCH3 is 1. The number of carbonyl (C=O) groups is 1. The molecule has 1 heterocycles. The molecule has 1 unspecified atom stereocenters. The SMILES string of the molecule is COc1ccc(NC(=O)C(c2ccccc2)N2CCN(c3ccc([N+](=O)[O-])cc3)CC2)cc1Cl. The van der Waals surface area contributed by atoms with Crippen LogP contribution >= 0.6 is 11.6 Å². The maximum Gasteiger partial charge on any atom is 0.269 e. The number of nitrogens with zero attached hydrogens (tertiary/aromatic N) is 3. The summed E-state index contributed by atoms with van der Waals surface area (Å²) in [6, 6.07) is 20.9. The van der Waals surface area contributed by atoms with Crippen LogP contribution in [0.5, 0.6) is 5.75 Å². The standard InChI is InChI=1S/C25H25ClN4O4/c1-34-23-12-7-19(17-22(23)26)27-25(31)24(18-5-3-2-4-6-18)29-15-13-28(14-16-29)20-8-10-21(11-9-20)30(32)33/h2-12,17,24H,13-16H2,1H3,(H,27,31). The average molecular weight is 481 g/mol. The summed E-state index contributed by atoms with van der Waals surface area (Å²) in [5.41, 5.74) is 2.50. The number of carbonyl (C=O) groups excluding carboxylic acids is 1. The Labute approximate surface area is 202 Å². The molecular formula is C25H25ClN4O4. The number of hydrogen-bond donors (Lipinski definition) is 1. The van der Waals surface area contributed by atoms with Gasteiger partial charge < -0.3 is 15.0 Å². The molecule has 1 amide bonds. The van der Waals surface area contributed by atoms with E-state index in [2.05, 4.69) is 15.1 Å². The number of nitro benzene ring substituents is 1. The van der Waals surface area contributed by atoms with Crippen LogP contribution in [-0.2, 0) is 4.79 Å². The number of amides is 1. The van der Waals surface area contributed by atoms with Gasteiger partial charge in [0.05, 0.1) is 17.1 Å². The van der Waals surface area contributed by atoms with Crippen LogP contribution in [0.15, 0.2) is 72.8 Å². The molecule has 0 aromatic heterocycles. The zero-order chi connectivity index (χ0) is 24.1. The molecule has 8 nitrogen and oxygen atoms in total. The molecule has 1 aliphatic heterocycles. The van der Waals surface area contributed by atoms with E-state index in [1.165, 1.54) is 12.1 Å². The van der Waals surface area contributed by atoms with Gasteiger partial charge in [-0.05, 0) is 35.9 Å². The van der Waals surface area contributed by atoms with Gasteiger partial charge in [0.2, 0.25) is 5.91 Å². The van der Waals surface area contributed by atoms with Gasteiger partial charge in [-0.25, -0.2) is 0 Å². The quantitative estimate of drug-likeness (QED) is 0.387. The summed E-state index contributed by atoms with van der Waals surface area (Å²) in [5.74, 6) is 0.401. The number of ether oxygens (including phenoxy) is 1. The van der Waals surface area contributed by atoms with Crippen molar-refractivity contribution in [1.29, 1.82) is 0 Å². The number of piperazine rings is 1. The Morgan fingerprint density at radius 1 is 1.03 bits per heavy atom. The summed E-state index contributed by atoms with van der Waals surface area (Å²) in [4.78, 5) is 28.3. The third-order valence-corrected chi connectivity index (χ3v) is 6.18. The summed E-state index contributed by atoms with van der Waals surface area (Å²) >= 11 is 6.23. The highest BCUT2D eigenvalue weighted by Crippen LogP contribution is 2.30.